The fourth-order valence-electron chi connectivity index (χ4n) is 1.87. The fourth-order valence-corrected chi connectivity index (χ4v) is 2.54. The van der Waals surface area contributed by atoms with Gasteiger partial charge in [0.2, 0.25) is 0 Å². The standard InChI is InChI=1S/C14H17NO2S/c1-18(16,17)10-4-9-15-14-8-7-12-5-2-3-6-13(12)11-14/h2-3,5-8,11,15H,4,9-10H2,1H3. The normalized spacial score (nSPS) is 11.6. The fraction of sp³-hybridized carbons (Fsp3) is 0.286. The monoisotopic (exact) mass is 263 g/mol. The van der Waals surface area contributed by atoms with Crippen molar-refractivity contribution in [3.63, 3.8) is 0 Å². The van der Waals surface area contributed by atoms with Crippen LogP contribution in [0.2, 0.25) is 0 Å². The molecule has 0 aromatic heterocycles. The Morgan fingerprint density at radius 1 is 1.06 bits per heavy atom. The van der Waals surface area contributed by atoms with Crippen LogP contribution in [0, 0.1) is 0 Å². The molecule has 0 heterocycles. The summed E-state index contributed by atoms with van der Waals surface area (Å²) < 4.78 is 22.0. The van der Waals surface area contributed by atoms with Crippen LogP contribution in [0.3, 0.4) is 0 Å². The molecule has 2 aromatic rings. The molecular weight excluding hydrogens is 246 g/mol. The SMILES string of the molecule is CS(=O)(=O)CCCNc1ccc2ccccc2c1. The van der Waals surface area contributed by atoms with Crippen LogP contribution >= 0.6 is 0 Å². The minimum Gasteiger partial charge on any atom is -0.385 e. The number of hydrogen-bond acceptors (Lipinski definition) is 3. The first-order valence-electron chi connectivity index (χ1n) is 5.95. The van der Waals surface area contributed by atoms with E-state index in [1.807, 2.05) is 18.2 Å². The summed E-state index contributed by atoms with van der Waals surface area (Å²) in [5.41, 5.74) is 1.03. The average molecular weight is 263 g/mol. The van der Waals surface area contributed by atoms with Gasteiger partial charge in [0.1, 0.15) is 9.84 Å². The Morgan fingerprint density at radius 2 is 1.78 bits per heavy atom. The second-order valence-electron chi connectivity index (χ2n) is 4.47. The second kappa shape index (κ2) is 5.40. The maximum atomic E-state index is 11.0. The van der Waals surface area contributed by atoms with Crippen molar-refractivity contribution in [2.75, 3.05) is 23.9 Å². The number of rotatable bonds is 5. The van der Waals surface area contributed by atoms with Gasteiger partial charge in [-0.3, -0.25) is 0 Å². The molecule has 0 bridgehead atoms. The summed E-state index contributed by atoms with van der Waals surface area (Å²) in [6.07, 6.45) is 1.90. The van der Waals surface area contributed by atoms with Crippen LogP contribution in [0.1, 0.15) is 6.42 Å². The summed E-state index contributed by atoms with van der Waals surface area (Å²) in [7, 11) is -2.85. The number of nitrogens with one attached hydrogen (secondary N) is 1. The highest BCUT2D eigenvalue weighted by molar-refractivity contribution is 7.90. The molecule has 4 heteroatoms. The summed E-state index contributed by atoms with van der Waals surface area (Å²) in [6, 6.07) is 14.3. The molecule has 2 aromatic carbocycles. The number of anilines is 1. The van der Waals surface area contributed by atoms with E-state index in [0.717, 1.165) is 5.69 Å². The molecule has 0 radical (unpaired) electrons. The van der Waals surface area contributed by atoms with Crippen LogP contribution in [0.5, 0.6) is 0 Å². The third-order valence-electron chi connectivity index (χ3n) is 2.77. The molecule has 18 heavy (non-hydrogen) atoms. The van der Waals surface area contributed by atoms with Gasteiger partial charge >= 0.3 is 0 Å². The van der Waals surface area contributed by atoms with E-state index in [9.17, 15) is 8.42 Å². The quantitative estimate of drug-likeness (QED) is 0.844. The van der Waals surface area contributed by atoms with E-state index in [1.165, 1.54) is 17.0 Å². The summed E-state index contributed by atoms with van der Waals surface area (Å²) in [6.45, 7) is 0.672. The minimum absolute atomic E-state index is 0.230. The van der Waals surface area contributed by atoms with E-state index in [0.29, 0.717) is 13.0 Å². The van der Waals surface area contributed by atoms with Crippen molar-refractivity contribution in [2.45, 2.75) is 6.42 Å². The molecule has 0 aliphatic rings. The van der Waals surface area contributed by atoms with E-state index in [-0.39, 0.29) is 5.75 Å². The van der Waals surface area contributed by atoms with Crippen molar-refractivity contribution < 1.29 is 8.42 Å². The van der Waals surface area contributed by atoms with Crippen molar-refractivity contribution in [3.05, 3.63) is 42.5 Å². The van der Waals surface area contributed by atoms with Gasteiger partial charge < -0.3 is 5.32 Å². The molecule has 1 N–H and O–H groups in total. The van der Waals surface area contributed by atoms with Crippen molar-refractivity contribution in [1.82, 2.24) is 0 Å². The number of sulfone groups is 1. The molecule has 0 atom stereocenters. The van der Waals surface area contributed by atoms with Gasteiger partial charge in [0, 0.05) is 18.5 Å². The van der Waals surface area contributed by atoms with Crippen LogP contribution < -0.4 is 5.32 Å². The first-order chi connectivity index (χ1) is 8.54. The molecule has 0 spiro atoms. The minimum atomic E-state index is -2.85. The lowest BCUT2D eigenvalue weighted by molar-refractivity contribution is 0.600. The van der Waals surface area contributed by atoms with E-state index in [4.69, 9.17) is 0 Å². The molecule has 0 fully saturated rings. The van der Waals surface area contributed by atoms with Gasteiger partial charge in [-0.2, -0.15) is 0 Å². The lowest BCUT2D eigenvalue weighted by Gasteiger charge is -2.07. The van der Waals surface area contributed by atoms with Crippen LogP contribution in [0.25, 0.3) is 10.8 Å². The third-order valence-corrected chi connectivity index (χ3v) is 3.80. The Labute approximate surface area is 108 Å². The van der Waals surface area contributed by atoms with Gasteiger partial charge in [0.25, 0.3) is 0 Å². The molecule has 0 aliphatic carbocycles. The number of benzene rings is 2. The molecule has 96 valence electrons. The zero-order valence-electron chi connectivity index (χ0n) is 10.4. The zero-order valence-corrected chi connectivity index (χ0v) is 11.2. The topological polar surface area (TPSA) is 46.2 Å². The first-order valence-corrected chi connectivity index (χ1v) is 8.01. The van der Waals surface area contributed by atoms with E-state index in [2.05, 4.69) is 29.6 Å². The van der Waals surface area contributed by atoms with Gasteiger partial charge in [0.05, 0.1) is 5.75 Å². The molecule has 0 saturated heterocycles. The molecule has 0 saturated carbocycles. The predicted octanol–water partition coefficient (Wildman–Crippen LogP) is 2.69. The van der Waals surface area contributed by atoms with Crippen molar-refractivity contribution in [3.8, 4) is 0 Å². The maximum Gasteiger partial charge on any atom is 0.147 e. The van der Waals surface area contributed by atoms with E-state index < -0.39 is 9.84 Å². The smallest absolute Gasteiger partial charge is 0.147 e. The second-order valence-corrected chi connectivity index (χ2v) is 6.73. The summed E-state index contributed by atoms with van der Waals surface area (Å²) in [4.78, 5) is 0. The molecule has 0 unspecified atom stereocenters. The van der Waals surface area contributed by atoms with Gasteiger partial charge in [-0.1, -0.05) is 30.3 Å². The lowest BCUT2D eigenvalue weighted by Crippen LogP contribution is -2.09. The van der Waals surface area contributed by atoms with Gasteiger partial charge in [-0.25, -0.2) is 8.42 Å². The van der Waals surface area contributed by atoms with Gasteiger partial charge in [-0.15, -0.1) is 0 Å². The zero-order chi connectivity index (χ0) is 13.0. The summed E-state index contributed by atoms with van der Waals surface area (Å²) in [5, 5.41) is 5.64. The van der Waals surface area contributed by atoms with Crippen molar-refractivity contribution >= 4 is 26.3 Å². The van der Waals surface area contributed by atoms with Crippen LogP contribution in [-0.4, -0.2) is 27.0 Å². The first kappa shape index (κ1) is 12.9. The third kappa shape index (κ3) is 3.74. The average Bonchev–Trinajstić information content (AvgIpc) is 2.33. The highest BCUT2D eigenvalue weighted by Crippen LogP contribution is 2.18. The van der Waals surface area contributed by atoms with Gasteiger partial charge in [-0.05, 0) is 29.3 Å². The maximum absolute atomic E-state index is 11.0. The van der Waals surface area contributed by atoms with Crippen molar-refractivity contribution in [1.29, 1.82) is 0 Å². The number of fused-ring (bicyclic) bond motifs is 1. The summed E-state index contributed by atoms with van der Waals surface area (Å²) >= 11 is 0. The Bertz CT molecular complexity index is 635. The molecule has 0 aliphatic heterocycles. The largest absolute Gasteiger partial charge is 0.385 e. The lowest BCUT2D eigenvalue weighted by atomic mass is 10.1. The molecule has 2 rings (SSSR count). The highest BCUT2D eigenvalue weighted by atomic mass is 32.2. The Hall–Kier alpha value is -1.55. The van der Waals surface area contributed by atoms with Gasteiger partial charge in [0.15, 0.2) is 0 Å². The van der Waals surface area contributed by atoms with E-state index >= 15 is 0 Å². The predicted molar refractivity (Wildman–Crippen MR) is 76.8 cm³/mol. The Morgan fingerprint density at radius 3 is 2.50 bits per heavy atom. The Balaban J connectivity index is 1.96. The van der Waals surface area contributed by atoms with Crippen LogP contribution in [0.15, 0.2) is 42.5 Å². The molecule has 3 nitrogen and oxygen atoms in total. The van der Waals surface area contributed by atoms with Crippen LogP contribution in [-0.2, 0) is 9.84 Å². The highest BCUT2D eigenvalue weighted by Gasteiger charge is 2.01. The Kier molecular flexibility index (Phi) is 3.87. The molecular formula is C14H17NO2S. The van der Waals surface area contributed by atoms with Crippen LogP contribution in [0.4, 0.5) is 5.69 Å². The van der Waals surface area contributed by atoms with Crippen molar-refractivity contribution in [2.24, 2.45) is 0 Å². The number of hydrogen-bond donors (Lipinski definition) is 1. The van der Waals surface area contributed by atoms with E-state index in [1.54, 1.807) is 0 Å². The summed E-state index contributed by atoms with van der Waals surface area (Å²) in [5.74, 6) is 0.230. The molecule has 0 amide bonds.